The summed E-state index contributed by atoms with van der Waals surface area (Å²) < 4.78 is 0. The highest BCUT2D eigenvalue weighted by atomic mass is 16.1. The molecule has 62 valence electrons. The summed E-state index contributed by atoms with van der Waals surface area (Å²) in [6.45, 7) is 2.45. The predicted octanol–water partition coefficient (Wildman–Crippen LogP) is -0.246. The van der Waals surface area contributed by atoms with Crippen molar-refractivity contribution in [3.8, 4) is 6.07 Å². The molecule has 0 aliphatic carbocycles. The highest BCUT2D eigenvalue weighted by Gasteiger charge is 1.99. The first-order chi connectivity index (χ1) is 5.16. The van der Waals surface area contributed by atoms with Gasteiger partial charge >= 0.3 is 0 Å². The molecule has 4 heteroatoms. The second kappa shape index (κ2) is 5.69. The number of amides is 1. The smallest absolute Gasteiger partial charge is 0.218 e. The summed E-state index contributed by atoms with van der Waals surface area (Å²) in [6, 6.07) is 2.17. The SMILES string of the molecule is CC(CC#N)NCCC(N)=O. The molecule has 0 aromatic carbocycles. The van der Waals surface area contributed by atoms with Gasteiger partial charge in [0.15, 0.2) is 0 Å². The molecular formula is C7H13N3O. The first-order valence-corrected chi connectivity index (χ1v) is 3.55. The Morgan fingerprint density at radius 1 is 1.82 bits per heavy atom. The van der Waals surface area contributed by atoms with Crippen molar-refractivity contribution in [2.24, 2.45) is 5.73 Å². The van der Waals surface area contributed by atoms with E-state index in [0.29, 0.717) is 19.4 Å². The minimum atomic E-state index is -0.318. The van der Waals surface area contributed by atoms with Gasteiger partial charge in [-0.3, -0.25) is 4.79 Å². The van der Waals surface area contributed by atoms with E-state index in [0.717, 1.165) is 0 Å². The van der Waals surface area contributed by atoms with Gasteiger partial charge in [0.1, 0.15) is 0 Å². The maximum absolute atomic E-state index is 10.3. The minimum absolute atomic E-state index is 0.138. The van der Waals surface area contributed by atoms with E-state index in [2.05, 4.69) is 5.32 Å². The third-order valence-electron chi connectivity index (χ3n) is 1.26. The van der Waals surface area contributed by atoms with Gasteiger partial charge < -0.3 is 11.1 Å². The van der Waals surface area contributed by atoms with E-state index in [1.165, 1.54) is 0 Å². The van der Waals surface area contributed by atoms with Crippen molar-refractivity contribution in [1.29, 1.82) is 5.26 Å². The average Bonchev–Trinajstić information content (AvgIpc) is 1.87. The van der Waals surface area contributed by atoms with Gasteiger partial charge in [-0.1, -0.05) is 0 Å². The number of primary amides is 1. The largest absolute Gasteiger partial charge is 0.370 e. The van der Waals surface area contributed by atoms with Crippen molar-refractivity contribution < 1.29 is 4.79 Å². The van der Waals surface area contributed by atoms with E-state index in [4.69, 9.17) is 11.0 Å². The third kappa shape index (κ3) is 6.81. The number of carbonyl (C=O) groups excluding carboxylic acids is 1. The van der Waals surface area contributed by atoms with E-state index in [-0.39, 0.29) is 11.9 Å². The van der Waals surface area contributed by atoms with Crippen LogP contribution in [0.4, 0.5) is 0 Å². The molecule has 0 fully saturated rings. The van der Waals surface area contributed by atoms with Crippen LogP contribution in [-0.2, 0) is 4.79 Å². The normalized spacial score (nSPS) is 12.0. The number of carbonyl (C=O) groups is 1. The fourth-order valence-corrected chi connectivity index (χ4v) is 0.651. The quantitative estimate of drug-likeness (QED) is 0.574. The molecule has 1 unspecified atom stereocenters. The minimum Gasteiger partial charge on any atom is -0.370 e. The Hall–Kier alpha value is -1.08. The van der Waals surface area contributed by atoms with Gasteiger partial charge in [-0.15, -0.1) is 0 Å². The van der Waals surface area contributed by atoms with Gasteiger partial charge in [0.25, 0.3) is 0 Å². The topological polar surface area (TPSA) is 78.9 Å². The molecule has 0 spiro atoms. The number of nitrogens with two attached hydrogens (primary N) is 1. The fourth-order valence-electron chi connectivity index (χ4n) is 0.651. The lowest BCUT2D eigenvalue weighted by Gasteiger charge is -2.07. The molecule has 0 bridgehead atoms. The molecule has 3 N–H and O–H groups in total. The van der Waals surface area contributed by atoms with E-state index < -0.39 is 0 Å². The van der Waals surface area contributed by atoms with Gasteiger partial charge in [-0.25, -0.2) is 0 Å². The molecule has 0 aromatic heterocycles. The monoisotopic (exact) mass is 155 g/mol. The Morgan fingerprint density at radius 3 is 2.91 bits per heavy atom. The van der Waals surface area contributed by atoms with Crippen LogP contribution in [0.15, 0.2) is 0 Å². The van der Waals surface area contributed by atoms with Crippen molar-refractivity contribution in [3.05, 3.63) is 0 Å². The molecule has 0 rings (SSSR count). The predicted molar refractivity (Wildman–Crippen MR) is 41.5 cm³/mol. The lowest BCUT2D eigenvalue weighted by molar-refractivity contribution is -0.117. The van der Waals surface area contributed by atoms with Crippen molar-refractivity contribution in [2.75, 3.05) is 6.54 Å². The summed E-state index contributed by atoms with van der Waals surface area (Å²) >= 11 is 0. The first kappa shape index (κ1) is 9.92. The van der Waals surface area contributed by atoms with Crippen molar-refractivity contribution in [2.45, 2.75) is 25.8 Å². The van der Waals surface area contributed by atoms with E-state index in [1.807, 2.05) is 13.0 Å². The van der Waals surface area contributed by atoms with Crippen LogP contribution >= 0.6 is 0 Å². The number of nitriles is 1. The van der Waals surface area contributed by atoms with E-state index >= 15 is 0 Å². The summed E-state index contributed by atoms with van der Waals surface area (Å²) in [5, 5.41) is 11.3. The Bertz CT molecular complexity index is 162. The molecule has 0 saturated carbocycles. The highest BCUT2D eigenvalue weighted by molar-refractivity contribution is 5.73. The summed E-state index contributed by atoms with van der Waals surface area (Å²) in [7, 11) is 0. The number of nitrogens with one attached hydrogen (secondary N) is 1. The van der Waals surface area contributed by atoms with Gasteiger partial charge in [0.2, 0.25) is 5.91 Å². The van der Waals surface area contributed by atoms with Crippen LogP contribution in [0.3, 0.4) is 0 Å². The third-order valence-corrected chi connectivity index (χ3v) is 1.26. The van der Waals surface area contributed by atoms with E-state index in [1.54, 1.807) is 0 Å². The summed E-state index contributed by atoms with van der Waals surface area (Å²) in [5.74, 6) is -0.318. The fraction of sp³-hybridized carbons (Fsp3) is 0.714. The molecule has 0 radical (unpaired) electrons. The molecule has 0 aliphatic heterocycles. The van der Waals surface area contributed by atoms with Crippen molar-refractivity contribution >= 4 is 5.91 Å². The van der Waals surface area contributed by atoms with Gasteiger partial charge in [0.05, 0.1) is 12.5 Å². The van der Waals surface area contributed by atoms with Gasteiger partial charge in [0, 0.05) is 19.0 Å². The van der Waals surface area contributed by atoms with Gasteiger partial charge in [-0.05, 0) is 6.92 Å². The Labute approximate surface area is 66.4 Å². The number of rotatable bonds is 5. The maximum Gasteiger partial charge on any atom is 0.218 e. The Balaban J connectivity index is 3.25. The zero-order chi connectivity index (χ0) is 8.69. The summed E-state index contributed by atoms with van der Waals surface area (Å²) in [5.41, 5.74) is 4.91. The van der Waals surface area contributed by atoms with Crippen LogP contribution in [0.25, 0.3) is 0 Å². The zero-order valence-electron chi connectivity index (χ0n) is 6.63. The molecule has 1 amide bonds. The summed E-state index contributed by atoms with van der Waals surface area (Å²) in [4.78, 5) is 10.3. The average molecular weight is 155 g/mol. The van der Waals surface area contributed by atoms with Crippen LogP contribution in [0.5, 0.6) is 0 Å². The second-order valence-electron chi connectivity index (χ2n) is 2.43. The van der Waals surface area contributed by atoms with Crippen molar-refractivity contribution in [3.63, 3.8) is 0 Å². The number of nitrogens with zero attached hydrogens (tertiary/aromatic N) is 1. The van der Waals surface area contributed by atoms with Crippen LogP contribution in [0.1, 0.15) is 19.8 Å². The molecule has 1 atom stereocenters. The van der Waals surface area contributed by atoms with Crippen LogP contribution in [-0.4, -0.2) is 18.5 Å². The maximum atomic E-state index is 10.3. The Kier molecular flexibility index (Phi) is 5.13. The molecule has 0 aliphatic rings. The van der Waals surface area contributed by atoms with Crippen LogP contribution in [0.2, 0.25) is 0 Å². The van der Waals surface area contributed by atoms with Gasteiger partial charge in [-0.2, -0.15) is 5.26 Å². The molecule has 0 heterocycles. The number of hydrogen-bond acceptors (Lipinski definition) is 3. The van der Waals surface area contributed by atoms with E-state index in [9.17, 15) is 4.79 Å². The lowest BCUT2D eigenvalue weighted by Crippen LogP contribution is -2.29. The molecule has 0 saturated heterocycles. The Morgan fingerprint density at radius 2 is 2.45 bits per heavy atom. The van der Waals surface area contributed by atoms with Crippen LogP contribution < -0.4 is 11.1 Å². The first-order valence-electron chi connectivity index (χ1n) is 3.55. The summed E-state index contributed by atoms with van der Waals surface area (Å²) in [6.07, 6.45) is 0.786. The van der Waals surface area contributed by atoms with Crippen molar-refractivity contribution in [1.82, 2.24) is 5.32 Å². The molecule has 11 heavy (non-hydrogen) atoms. The standard InChI is InChI=1S/C7H13N3O/c1-6(2-4-8)10-5-3-7(9)11/h6,10H,2-3,5H2,1H3,(H2,9,11). The number of hydrogen-bond donors (Lipinski definition) is 2. The molecule has 0 aromatic rings. The lowest BCUT2D eigenvalue weighted by atomic mass is 10.2. The molecule has 4 nitrogen and oxygen atoms in total. The molecular weight excluding hydrogens is 142 g/mol. The zero-order valence-corrected chi connectivity index (χ0v) is 6.63. The van der Waals surface area contributed by atoms with Crippen LogP contribution in [0, 0.1) is 11.3 Å². The highest BCUT2D eigenvalue weighted by Crippen LogP contribution is 1.87. The second-order valence-corrected chi connectivity index (χ2v) is 2.43.